The fourth-order valence-electron chi connectivity index (χ4n) is 3.48. The van der Waals surface area contributed by atoms with Gasteiger partial charge in [0.05, 0.1) is 5.56 Å². The Balaban J connectivity index is 2.09. The lowest BCUT2D eigenvalue weighted by molar-refractivity contribution is -0.134. The fraction of sp³-hybridized carbons (Fsp3) is 0.250. The Labute approximate surface area is 215 Å². The summed E-state index contributed by atoms with van der Waals surface area (Å²) in [6.07, 6.45) is 1.92. The van der Waals surface area contributed by atoms with Gasteiger partial charge in [-0.25, -0.2) is 4.98 Å². The zero-order chi connectivity index (χ0) is 25.9. The van der Waals surface area contributed by atoms with Crippen LogP contribution in [0, 0.1) is 22.7 Å². The number of ether oxygens (including phenoxy) is 1. The van der Waals surface area contributed by atoms with Crippen LogP contribution in [0.4, 0.5) is 5.82 Å². The highest BCUT2D eigenvalue weighted by Gasteiger charge is 2.23. The third-order valence-corrected chi connectivity index (χ3v) is 6.22. The van der Waals surface area contributed by atoms with E-state index in [1.807, 2.05) is 44.2 Å². The van der Waals surface area contributed by atoms with Crippen molar-refractivity contribution in [1.82, 2.24) is 4.98 Å². The molecule has 182 valence electrons. The topological polar surface area (TPSA) is 116 Å². The van der Waals surface area contributed by atoms with Gasteiger partial charge in [-0.3, -0.25) is 9.59 Å². The average Bonchev–Trinajstić information content (AvgIpc) is 2.88. The average molecular weight is 499 g/mol. The van der Waals surface area contributed by atoms with Gasteiger partial charge in [-0.2, -0.15) is 10.5 Å². The van der Waals surface area contributed by atoms with Crippen molar-refractivity contribution in [3.63, 3.8) is 0 Å². The van der Waals surface area contributed by atoms with Crippen LogP contribution in [-0.4, -0.2) is 16.9 Å². The highest BCUT2D eigenvalue weighted by Crippen LogP contribution is 2.38. The molecule has 1 heterocycles. The van der Waals surface area contributed by atoms with Crippen molar-refractivity contribution in [2.45, 2.75) is 50.3 Å². The number of carbonyl (C=O) groups excluding carboxylic acids is 2. The molecular formula is C28H26N4O3S. The number of nitriles is 2. The van der Waals surface area contributed by atoms with Gasteiger partial charge in [-0.15, -0.1) is 11.8 Å². The van der Waals surface area contributed by atoms with Gasteiger partial charge in [-0.1, -0.05) is 56.3 Å². The van der Waals surface area contributed by atoms with E-state index in [0.717, 1.165) is 5.56 Å². The van der Waals surface area contributed by atoms with Crippen molar-refractivity contribution in [2.75, 3.05) is 5.32 Å². The van der Waals surface area contributed by atoms with Gasteiger partial charge in [0.2, 0.25) is 5.91 Å². The molecule has 0 radical (unpaired) electrons. The number of thioether (sulfide) groups is 1. The van der Waals surface area contributed by atoms with E-state index >= 15 is 0 Å². The van der Waals surface area contributed by atoms with Crippen molar-refractivity contribution in [1.29, 1.82) is 10.5 Å². The highest BCUT2D eigenvalue weighted by atomic mass is 32.2. The van der Waals surface area contributed by atoms with E-state index in [4.69, 9.17) is 4.74 Å². The summed E-state index contributed by atoms with van der Waals surface area (Å²) in [5.41, 5.74) is 2.36. The molecule has 2 aromatic carbocycles. The SMILES string of the molecule is CCCC(=O)Nc1nc(SCc2ccccc2)c(C#N)c(-c2ccc(OC(=O)CCC)cc2)c1C#N. The minimum Gasteiger partial charge on any atom is -0.427 e. The smallest absolute Gasteiger partial charge is 0.311 e. The van der Waals surface area contributed by atoms with Crippen LogP contribution in [0.15, 0.2) is 59.6 Å². The number of hydrogen-bond donors (Lipinski definition) is 1. The minimum atomic E-state index is -0.329. The molecular weight excluding hydrogens is 472 g/mol. The van der Waals surface area contributed by atoms with Crippen molar-refractivity contribution in [3.8, 4) is 29.0 Å². The van der Waals surface area contributed by atoms with Crippen LogP contribution in [0.5, 0.6) is 5.75 Å². The Morgan fingerprint density at radius 3 is 2.22 bits per heavy atom. The molecule has 0 fully saturated rings. The number of rotatable bonds is 10. The van der Waals surface area contributed by atoms with E-state index in [1.165, 1.54) is 11.8 Å². The maximum Gasteiger partial charge on any atom is 0.311 e. The number of aromatic nitrogens is 1. The molecule has 1 amide bonds. The molecule has 0 aliphatic rings. The number of pyridine rings is 1. The zero-order valence-corrected chi connectivity index (χ0v) is 21.0. The van der Waals surface area contributed by atoms with Gasteiger partial charge in [0.15, 0.2) is 5.82 Å². The van der Waals surface area contributed by atoms with E-state index in [-0.39, 0.29) is 35.2 Å². The summed E-state index contributed by atoms with van der Waals surface area (Å²) in [5.74, 6) is 0.472. The number of esters is 1. The number of nitrogens with zero attached hydrogens (tertiary/aromatic N) is 3. The second-order valence-electron chi connectivity index (χ2n) is 7.94. The van der Waals surface area contributed by atoms with Crippen LogP contribution in [0.2, 0.25) is 0 Å². The fourth-order valence-corrected chi connectivity index (χ4v) is 4.43. The number of hydrogen-bond acceptors (Lipinski definition) is 7. The zero-order valence-electron chi connectivity index (χ0n) is 20.2. The summed E-state index contributed by atoms with van der Waals surface area (Å²) >= 11 is 1.36. The van der Waals surface area contributed by atoms with Gasteiger partial charge in [0.1, 0.15) is 28.5 Å². The maximum atomic E-state index is 12.4. The summed E-state index contributed by atoms with van der Waals surface area (Å²) in [6.45, 7) is 3.78. The predicted octanol–water partition coefficient (Wildman–Crippen LogP) is 6.23. The molecule has 36 heavy (non-hydrogen) atoms. The molecule has 8 heteroatoms. The second-order valence-corrected chi connectivity index (χ2v) is 8.90. The molecule has 0 spiro atoms. The number of benzene rings is 2. The summed E-state index contributed by atoms with van der Waals surface area (Å²) in [6, 6.07) is 20.7. The third kappa shape index (κ3) is 6.71. The van der Waals surface area contributed by atoms with Crippen LogP contribution in [0.3, 0.4) is 0 Å². The van der Waals surface area contributed by atoms with Crippen LogP contribution >= 0.6 is 11.8 Å². The lowest BCUT2D eigenvalue weighted by atomic mass is 9.96. The minimum absolute atomic E-state index is 0.107. The van der Waals surface area contributed by atoms with Crippen LogP contribution < -0.4 is 10.1 Å². The van der Waals surface area contributed by atoms with Gasteiger partial charge >= 0.3 is 5.97 Å². The molecule has 1 N–H and O–H groups in total. The first kappa shape index (κ1) is 26.5. The van der Waals surface area contributed by atoms with Gasteiger partial charge < -0.3 is 10.1 Å². The quantitative estimate of drug-likeness (QED) is 0.200. The Hall–Kier alpha value is -4.14. The molecule has 3 rings (SSSR count). The van der Waals surface area contributed by atoms with Crippen LogP contribution in [-0.2, 0) is 15.3 Å². The van der Waals surface area contributed by atoms with Crippen LogP contribution in [0.1, 0.15) is 56.2 Å². The molecule has 0 saturated carbocycles. The molecule has 3 aromatic rings. The lowest BCUT2D eigenvalue weighted by Gasteiger charge is -2.16. The molecule has 0 atom stereocenters. The summed E-state index contributed by atoms with van der Waals surface area (Å²) < 4.78 is 5.33. The summed E-state index contributed by atoms with van der Waals surface area (Å²) in [4.78, 5) is 28.8. The van der Waals surface area contributed by atoms with E-state index in [1.54, 1.807) is 24.3 Å². The van der Waals surface area contributed by atoms with E-state index in [0.29, 0.717) is 46.9 Å². The lowest BCUT2D eigenvalue weighted by Crippen LogP contribution is -2.15. The van der Waals surface area contributed by atoms with Crippen LogP contribution in [0.25, 0.3) is 11.1 Å². The normalized spacial score (nSPS) is 10.2. The number of nitrogens with one attached hydrogen (secondary N) is 1. The predicted molar refractivity (Wildman–Crippen MR) is 139 cm³/mol. The van der Waals surface area contributed by atoms with Gasteiger partial charge in [0, 0.05) is 24.2 Å². The van der Waals surface area contributed by atoms with Crippen molar-refractivity contribution in [3.05, 3.63) is 71.3 Å². The van der Waals surface area contributed by atoms with Gasteiger partial charge in [0.25, 0.3) is 0 Å². The van der Waals surface area contributed by atoms with E-state index in [9.17, 15) is 20.1 Å². The largest absolute Gasteiger partial charge is 0.427 e. The number of carbonyl (C=O) groups is 2. The highest BCUT2D eigenvalue weighted by molar-refractivity contribution is 7.98. The van der Waals surface area contributed by atoms with Crippen molar-refractivity contribution in [2.24, 2.45) is 0 Å². The maximum absolute atomic E-state index is 12.4. The van der Waals surface area contributed by atoms with Gasteiger partial charge in [-0.05, 0) is 36.1 Å². The third-order valence-electron chi connectivity index (χ3n) is 5.17. The summed E-state index contributed by atoms with van der Waals surface area (Å²) in [7, 11) is 0. The van der Waals surface area contributed by atoms with Crippen molar-refractivity contribution >= 4 is 29.5 Å². The first-order valence-electron chi connectivity index (χ1n) is 11.7. The molecule has 0 aliphatic carbocycles. The molecule has 0 aliphatic heterocycles. The molecule has 7 nitrogen and oxygen atoms in total. The Morgan fingerprint density at radius 2 is 1.61 bits per heavy atom. The Bertz CT molecular complexity index is 1310. The number of amides is 1. The molecule has 0 saturated heterocycles. The second kappa shape index (κ2) is 13.1. The standard InChI is InChI=1S/C28H26N4O3S/c1-3-8-24(33)31-27-22(16-29)26(20-12-14-21(15-13-20)35-25(34)9-4-2)23(17-30)28(32-27)36-18-19-10-6-5-7-11-19/h5-7,10-15H,3-4,8-9,18H2,1-2H3,(H,31,32,33). The Morgan fingerprint density at radius 1 is 0.944 bits per heavy atom. The molecule has 0 bridgehead atoms. The van der Waals surface area contributed by atoms with E-state index in [2.05, 4.69) is 22.4 Å². The molecule has 1 aromatic heterocycles. The summed E-state index contributed by atoms with van der Waals surface area (Å²) in [5, 5.41) is 23.3. The van der Waals surface area contributed by atoms with Crippen molar-refractivity contribution < 1.29 is 14.3 Å². The molecule has 0 unspecified atom stereocenters. The Kier molecular flexibility index (Phi) is 9.62. The monoisotopic (exact) mass is 498 g/mol. The first-order chi connectivity index (χ1) is 17.5. The van der Waals surface area contributed by atoms with E-state index < -0.39 is 0 Å². The first-order valence-corrected chi connectivity index (χ1v) is 12.6. The number of anilines is 1.